The van der Waals surface area contributed by atoms with Gasteiger partial charge < -0.3 is 24.8 Å². The molecule has 1 aliphatic carbocycles. The van der Waals surface area contributed by atoms with Crippen LogP contribution in [0.5, 0.6) is 5.75 Å². The second-order valence-corrected chi connectivity index (χ2v) is 12.2. The van der Waals surface area contributed by atoms with Crippen LogP contribution in [0.15, 0.2) is 67.0 Å². The van der Waals surface area contributed by atoms with Crippen LogP contribution in [-0.4, -0.2) is 58.0 Å². The van der Waals surface area contributed by atoms with E-state index in [1.807, 2.05) is 48.9 Å². The number of carbonyl (C=O) groups excluding carboxylic acids is 2. The van der Waals surface area contributed by atoms with Crippen molar-refractivity contribution >= 4 is 39.4 Å². The Bertz CT molecular complexity index is 1970. The van der Waals surface area contributed by atoms with Crippen LogP contribution in [0.1, 0.15) is 61.9 Å². The summed E-state index contributed by atoms with van der Waals surface area (Å²) in [5, 5.41) is 8.00. The summed E-state index contributed by atoms with van der Waals surface area (Å²) in [5.41, 5.74) is 12.8. The lowest BCUT2D eigenvalue weighted by atomic mass is 9.97. The molecule has 2 aliphatic rings. The number of anilines is 1. The summed E-state index contributed by atoms with van der Waals surface area (Å²) in [6, 6.07) is 18.3. The number of carbonyl (C=O) groups is 2. The van der Waals surface area contributed by atoms with E-state index >= 15 is 0 Å². The van der Waals surface area contributed by atoms with Gasteiger partial charge in [0.15, 0.2) is 0 Å². The second kappa shape index (κ2) is 12.9. The number of fused-ring (bicyclic) bond motifs is 2. The highest BCUT2D eigenvalue weighted by Gasteiger charge is 2.31. The number of nitrogens with two attached hydrogens (primary N) is 1. The number of amides is 1. The van der Waals surface area contributed by atoms with Gasteiger partial charge in [0, 0.05) is 47.5 Å². The van der Waals surface area contributed by atoms with Gasteiger partial charge in [-0.2, -0.15) is 5.10 Å². The number of rotatable bonds is 10. The minimum Gasteiger partial charge on any atom is -0.487 e. The standard InChI is InChI=1S/C37H39N5O5/c1-3-45-36(43)19-29-26(23-8-9-23)6-5-7-35(29)47-22-33-30-18-24(27-11-12-32(38)31-20-39-16-14-28(27)31)10-13-34(30)42(40-33)25-15-17-41(21-25)37(44)46-4-2/h5-7,10-14,16,18,20,23,25H,3-4,8-9,15,17,19,21-22,38H2,1-2H3/t25-/m0/s1. The summed E-state index contributed by atoms with van der Waals surface area (Å²) in [6.07, 6.45) is 6.42. The van der Waals surface area contributed by atoms with Gasteiger partial charge in [0.25, 0.3) is 0 Å². The molecule has 7 rings (SSSR count). The monoisotopic (exact) mass is 633 g/mol. The van der Waals surface area contributed by atoms with Crippen molar-refractivity contribution in [2.24, 2.45) is 0 Å². The second-order valence-electron chi connectivity index (χ2n) is 12.2. The summed E-state index contributed by atoms with van der Waals surface area (Å²) in [6.45, 7) is 5.63. The van der Waals surface area contributed by atoms with Crippen LogP contribution in [0, 0.1) is 0 Å². The minimum atomic E-state index is -0.299. The number of pyridine rings is 1. The van der Waals surface area contributed by atoms with Gasteiger partial charge in [0.1, 0.15) is 18.1 Å². The molecule has 1 saturated heterocycles. The number of esters is 1. The van der Waals surface area contributed by atoms with Crippen molar-refractivity contribution in [3.05, 3.63) is 83.8 Å². The predicted molar refractivity (Wildman–Crippen MR) is 180 cm³/mol. The van der Waals surface area contributed by atoms with Gasteiger partial charge in [-0.3, -0.25) is 14.5 Å². The number of hydrogen-bond acceptors (Lipinski definition) is 8. The Labute approximate surface area is 273 Å². The number of benzene rings is 3. The van der Waals surface area contributed by atoms with E-state index in [-0.39, 0.29) is 31.1 Å². The van der Waals surface area contributed by atoms with Crippen LogP contribution >= 0.6 is 0 Å². The molecule has 10 heteroatoms. The zero-order chi connectivity index (χ0) is 32.5. The van der Waals surface area contributed by atoms with Crippen LogP contribution in [0.25, 0.3) is 32.8 Å². The molecule has 3 heterocycles. The first-order valence-electron chi connectivity index (χ1n) is 16.4. The van der Waals surface area contributed by atoms with E-state index < -0.39 is 0 Å². The topological polar surface area (TPSA) is 122 Å². The van der Waals surface area contributed by atoms with Crippen molar-refractivity contribution in [3.8, 4) is 16.9 Å². The average molecular weight is 634 g/mol. The fourth-order valence-electron chi connectivity index (χ4n) is 6.73. The summed E-state index contributed by atoms with van der Waals surface area (Å²) >= 11 is 0. The maximum Gasteiger partial charge on any atom is 0.409 e. The molecular weight excluding hydrogens is 594 g/mol. The summed E-state index contributed by atoms with van der Waals surface area (Å²) in [5.74, 6) is 0.857. The largest absolute Gasteiger partial charge is 0.487 e. The number of aromatic nitrogens is 3. The first-order chi connectivity index (χ1) is 22.9. The molecule has 2 N–H and O–H groups in total. The van der Waals surface area contributed by atoms with Crippen LogP contribution in [0.2, 0.25) is 0 Å². The quantitative estimate of drug-likeness (QED) is 0.132. The predicted octanol–water partition coefficient (Wildman–Crippen LogP) is 6.80. The lowest BCUT2D eigenvalue weighted by Crippen LogP contribution is -2.29. The van der Waals surface area contributed by atoms with Crippen molar-refractivity contribution < 1.29 is 23.8 Å². The van der Waals surface area contributed by atoms with E-state index in [1.165, 1.54) is 0 Å². The molecule has 47 heavy (non-hydrogen) atoms. The molecule has 1 saturated carbocycles. The Kier molecular flexibility index (Phi) is 8.41. The number of hydrogen-bond donors (Lipinski definition) is 1. The Hall–Kier alpha value is -5.12. The number of nitrogens with zero attached hydrogens (tertiary/aromatic N) is 4. The van der Waals surface area contributed by atoms with E-state index in [1.54, 1.807) is 17.3 Å². The molecule has 1 amide bonds. The third-order valence-corrected chi connectivity index (χ3v) is 9.16. The van der Waals surface area contributed by atoms with Gasteiger partial charge in [-0.1, -0.05) is 24.3 Å². The number of ether oxygens (including phenoxy) is 3. The fraction of sp³-hybridized carbons (Fsp3) is 0.351. The smallest absolute Gasteiger partial charge is 0.409 e. The molecule has 0 bridgehead atoms. The van der Waals surface area contributed by atoms with E-state index in [2.05, 4.69) is 29.2 Å². The van der Waals surface area contributed by atoms with Crippen molar-refractivity contribution in [2.75, 3.05) is 32.0 Å². The lowest BCUT2D eigenvalue weighted by molar-refractivity contribution is -0.142. The Morgan fingerprint density at radius 1 is 0.957 bits per heavy atom. The minimum absolute atomic E-state index is 0.0116. The molecule has 10 nitrogen and oxygen atoms in total. The molecule has 2 fully saturated rings. The first kappa shape index (κ1) is 30.5. The van der Waals surface area contributed by atoms with Gasteiger partial charge in [-0.25, -0.2) is 4.79 Å². The van der Waals surface area contributed by atoms with Crippen LogP contribution in [0.3, 0.4) is 0 Å². The highest BCUT2D eigenvalue weighted by atomic mass is 16.6. The average Bonchev–Trinajstić information content (AvgIpc) is 3.69. The zero-order valence-corrected chi connectivity index (χ0v) is 26.8. The van der Waals surface area contributed by atoms with Gasteiger partial charge in [0.2, 0.25) is 0 Å². The molecule has 0 spiro atoms. The van der Waals surface area contributed by atoms with Crippen molar-refractivity contribution in [1.82, 2.24) is 19.7 Å². The summed E-state index contributed by atoms with van der Waals surface area (Å²) in [4.78, 5) is 31.2. The maximum absolute atomic E-state index is 12.6. The fourth-order valence-corrected chi connectivity index (χ4v) is 6.73. The van der Waals surface area contributed by atoms with Crippen LogP contribution < -0.4 is 10.5 Å². The molecule has 1 aliphatic heterocycles. The highest BCUT2D eigenvalue weighted by molar-refractivity contribution is 6.03. The third-order valence-electron chi connectivity index (χ3n) is 9.16. The molecule has 2 aromatic heterocycles. The molecule has 242 valence electrons. The van der Waals surface area contributed by atoms with E-state index in [0.29, 0.717) is 43.7 Å². The normalized spacial score (nSPS) is 16.1. The number of nitrogen functional groups attached to an aromatic ring is 1. The first-order valence-corrected chi connectivity index (χ1v) is 16.4. The van der Waals surface area contributed by atoms with E-state index in [4.69, 9.17) is 25.0 Å². The molecule has 1 atom stereocenters. The van der Waals surface area contributed by atoms with Gasteiger partial charge in [-0.15, -0.1) is 0 Å². The van der Waals surface area contributed by atoms with E-state index in [9.17, 15) is 9.59 Å². The van der Waals surface area contributed by atoms with Gasteiger partial charge >= 0.3 is 12.1 Å². The van der Waals surface area contributed by atoms with Gasteiger partial charge in [-0.05, 0) is 91.4 Å². The number of likely N-dealkylation sites (tertiary alicyclic amines) is 1. The molecule has 0 radical (unpaired) electrons. The van der Waals surface area contributed by atoms with Crippen LogP contribution in [0.4, 0.5) is 10.5 Å². The van der Waals surface area contributed by atoms with Crippen molar-refractivity contribution in [3.63, 3.8) is 0 Å². The zero-order valence-electron chi connectivity index (χ0n) is 26.8. The summed E-state index contributed by atoms with van der Waals surface area (Å²) in [7, 11) is 0. The van der Waals surface area contributed by atoms with Crippen LogP contribution in [-0.2, 0) is 27.3 Å². The van der Waals surface area contributed by atoms with E-state index in [0.717, 1.165) is 68.9 Å². The lowest BCUT2D eigenvalue weighted by Gasteiger charge is -2.16. The molecular formula is C37H39N5O5. The van der Waals surface area contributed by atoms with Crippen molar-refractivity contribution in [2.45, 2.75) is 58.1 Å². The Morgan fingerprint density at radius 3 is 2.62 bits per heavy atom. The van der Waals surface area contributed by atoms with Gasteiger partial charge in [0.05, 0.1) is 31.2 Å². The maximum atomic E-state index is 12.6. The summed E-state index contributed by atoms with van der Waals surface area (Å²) < 4.78 is 19.2. The molecule has 5 aromatic rings. The molecule has 0 unspecified atom stereocenters. The Morgan fingerprint density at radius 2 is 1.81 bits per heavy atom. The van der Waals surface area contributed by atoms with Crippen molar-refractivity contribution in [1.29, 1.82) is 0 Å². The highest BCUT2D eigenvalue weighted by Crippen LogP contribution is 2.44. The third kappa shape index (κ3) is 6.07. The SMILES string of the molecule is CCOC(=O)Cc1c(OCc2nn([C@H]3CCN(C(=O)OCC)C3)c3ccc(-c4ccc(N)c5cnccc45)cc23)cccc1C1CC1. The molecule has 3 aromatic carbocycles. The Balaban J connectivity index is 1.27.